The standard InChI is InChI=1S/C26H25N3O3/c1-26(2)16-19-8-9-21(32-3)14-22(19)23(29-26)15-24(30)17-4-6-18(7-5-17)25(31)28-20-10-12-27-13-11-20/h4-15,29H,16H2,1-3H3,(H,27,28,31). The number of anilines is 1. The summed E-state index contributed by atoms with van der Waals surface area (Å²) in [7, 11) is 1.63. The van der Waals surface area contributed by atoms with Crippen molar-refractivity contribution in [2.45, 2.75) is 25.8 Å². The van der Waals surface area contributed by atoms with Crippen molar-refractivity contribution >= 4 is 23.1 Å². The topological polar surface area (TPSA) is 80.3 Å². The molecule has 0 fully saturated rings. The van der Waals surface area contributed by atoms with Gasteiger partial charge in [0.2, 0.25) is 0 Å². The van der Waals surface area contributed by atoms with Gasteiger partial charge in [0.15, 0.2) is 5.78 Å². The monoisotopic (exact) mass is 427 g/mol. The van der Waals surface area contributed by atoms with Crippen LogP contribution in [-0.4, -0.2) is 29.3 Å². The summed E-state index contributed by atoms with van der Waals surface area (Å²) >= 11 is 0. The van der Waals surface area contributed by atoms with Crippen molar-refractivity contribution in [3.8, 4) is 5.75 Å². The summed E-state index contributed by atoms with van der Waals surface area (Å²) in [5.41, 5.74) is 4.35. The summed E-state index contributed by atoms with van der Waals surface area (Å²) < 4.78 is 5.37. The van der Waals surface area contributed by atoms with Crippen molar-refractivity contribution in [3.63, 3.8) is 0 Å². The van der Waals surface area contributed by atoms with E-state index in [1.807, 2.05) is 18.2 Å². The number of nitrogens with one attached hydrogen (secondary N) is 2. The summed E-state index contributed by atoms with van der Waals surface area (Å²) in [6.45, 7) is 4.21. The van der Waals surface area contributed by atoms with Gasteiger partial charge in [0, 0.05) is 52.1 Å². The van der Waals surface area contributed by atoms with Crippen molar-refractivity contribution in [2.75, 3.05) is 12.4 Å². The summed E-state index contributed by atoms with van der Waals surface area (Å²) in [6, 6.07) is 16.0. The van der Waals surface area contributed by atoms with Crippen molar-refractivity contribution < 1.29 is 14.3 Å². The van der Waals surface area contributed by atoms with Gasteiger partial charge in [-0.2, -0.15) is 0 Å². The molecule has 0 unspecified atom stereocenters. The molecule has 4 rings (SSSR count). The molecule has 2 N–H and O–H groups in total. The van der Waals surface area contributed by atoms with Gasteiger partial charge < -0.3 is 15.4 Å². The molecule has 1 aromatic heterocycles. The first kappa shape index (κ1) is 21.3. The second-order valence-corrected chi connectivity index (χ2v) is 8.40. The largest absolute Gasteiger partial charge is 0.497 e. The van der Waals surface area contributed by atoms with E-state index in [0.717, 1.165) is 29.0 Å². The van der Waals surface area contributed by atoms with Crippen LogP contribution in [0, 0.1) is 0 Å². The number of methoxy groups -OCH3 is 1. The summed E-state index contributed by atoms with van der Waals surface area (Å²) in [6.07, 6.45) is 5.68. The van der Waals surface area contributed by atoms with E-state index in [1.54, 1.807) is 62.0 Å². The third kappa shape index (κ3) is 4.70. The number of benzene rings is 2. The van der Waals surface area contributed by atoms with Crippen LogP contribution in [0.2, 0.25) is 0 Å². The normalized spacial score (nSPS) is 15.4. The van der Waals surface area contributed by atoms with Crippen LogP contribution in [0.5, 0.6) is 5.75 Å². The molecule has 0 spiro atoms. The number of nitrogens with zero attached hydrogens (tertiary/aromatic N) is 1. The van der Waals surface area contributed by atoms with Crippen LogP contribution in [-0.2, 0) is 6.42 Å². The van der Waals surface area contributed by atoms with Gasteiger partial charge >= 0.3 is 0 Å². The zero-order valence-electron chi connectivity index (χ0n) is 18.3. The number of ketones is 1. The molecular formula is C26H25N3O3. The quantitative estimate of drug-likeness (QED) is 0.463. The fraction of sp³-hybridized carbons (Fsp3) is 0.192. The molecule has 2 heterocycles. The third-order valence-corrected chi connectivity index (χ3v) is 5.36. The highest BCUT2D eigenvalue weighted by atomic mass is 16.5. The first-order valence-electron chi connectivity index (χ1n) is 10.4. The minimum Gasteiger partial charge on any atom is -0.497 e. The van der Waals surface area contributed by atoms with Gasteiger partial charge in [-0.25, -0.2) is 0 Å². The first-order valence-corrected chi connectivity index (χ1v) is 10.4. The van der Waals surface area contributed by atoms with Crippen LogP contribution >= 0.6 is 0 Å². The fourth-order valence-electron chi connectivity index (χ4n) is 3.79. The highest BCUT2D eigenvalue weighted by Crippen LogP contribution is 2.32. The Morgan fingerprint density at radius 1 is 1.03 bits per heavy atom. The summed E-state index contributed by atoms with van der Waals surface area (Å²) in [5, 5.41) is 6.28. The number of carbonyl (C=O) groups is 2. The fourth-order valence-corrected chi connectivity index (χ4v) is 3.79. The number of allylic oxidation sites excluding steroid dienone is 1. The van der Waals surface area contributed by atoms with Gasteiger partial charge in [0.05, 0.1) is 7.11 Å². The molecule has 2 aromatic carbocycles. The summed E-state index contributed by atoms with van der Waals surface area (Å²) in [5.74, 6) is 0.360. The number of rotatable bonds is 5. The molecule has 0 saturated carbocycles. The maximum Gasteiger partial charge on any atom is 0.255 e. The minimum absolute atomic E-state index is 0.139. The molecule has 0 bridgehead atoms. The zero-order chi connectivity index (χ0) is 22.7. The smallest absolute Gasteiger partial charge is 0.255 e. The number of ether oxygens (including phenoxy) is 1. The van der Waals surface area contributed by atoms with Crippen LogP contribution in [0.3, 0.4) is 0 Å². The molecule has 3 aromatic rings. The van der Waals surface area contributed by atoms with Gasteiger partial charge in [0.1, 0.15) is 5.75 Å². The zero-order valence-corrected chi connectivity index (χ0v) is 18.3. The Balaban J connectivity index is 1.56. The Labute approximate surface area is 187 Å². The molecule has 0 aliphatic carbocycles. The van der Waals surface area contributed by atoms with Crippen LogP contribution < -0.4 is 15.4 Å². The second-order valence-electron chi connectivity index (χ2n) is 8.40. The van der Waals surface area contributed by atoms with E-state index in [-0.39, 0.29) is 17.2 Å². The van der Waals surface area contributed by atoms with Gasteiger partial charge in [-0.15, -0.1) is 0 Å². The van der Waals surface area contributed by atoms with Crippen molar-refractivity contribution in [1.82, 2.24) is 10.3 Å². The van der Waals surface area contributed by atoms with E-state index in [9.17, 15) is 9.59 Å². The van der Waals surface area contributed by atoms with Crippen LogP contribution in [0.1, 0.15) is 45.7 Å². The lowest BCUT2D eigenvalue weighted by Crippen LogP contribution is -2.43. The van der Waals surface area contributed by atoms with Crippen LogP contribution in [0.25, 0.3) is 5.70 Å². The minimum atomic E-state index is -0.245. The van der Waals surface area contributed by atoms with Gasteiger partial charge in [0.25, 0.3) is 5.91 Å². The van der Waals surface area contributed by atoms with E-state index in [0.29, 0.717) is 16.8 Å². The van der Waals surface area contributed by atoms with E-state index >= 15 is 0 Å². The lowest BCUT2D eigenvalue weighted by molar-refractivity contribution is 0.102. The molecule has 1 amide bonds. The Hall–Kier alpha value is -3.93. The molecule has 0 atom stereocenters. The molecule has 0 radical (unpaired) electrons. The second kappa shape index (κ2) is 8.67. The molecule has 162 valence electrons. The first-order chi connectivity index (χ1) is 15.3. The Bertz CT molecular complexity index is 1180. The highest BCUT2D eigenvalue weighted by molar-refractivity contribution is 6.10. The molecule has 1 aliphatic heterocycles. The van der Waals surface area contributed by atoms with Gasteiger partial charge in [-0.1, -0.05) is 18.2 Å². The molecule has 6 heteroatoms. The maximum absolute atomic E-state index is 13.0. The van der Waals surface area contributed by atoms with Gasteiger partial charge in [-0.3, -0.25) is 14.6 Å². The summed E-state index contributed by atoms with van der Waals surface area (Å²) in [4.78, 5) is 29.4. The maximum atomic E-state index is 13.0. The molecular weight excluding hydrogens is 402 g/mol. The Morgan fingerprint density at radius 2 is 1.72 bits per heavy atom. The SMILES string of the molecule is COc1ccc2c(c1)C(=CC(=O)c1ccc(C(=O)Nc3ccncc3)cc1)NC(C)(C)C2. The van der Waals surface area contributed by atoms with Gasteiger partial charge in [-0.05, 0) is 62.2 Å². The Kier molecular flexibility index (Phi) is 5.77. The number of fused-ring (bicyclic) bond motifs is 1. The highest BCUT2D eigenvalue weighted by Gasteiger charge is 2.28. The van der Waals surface area contributed by atoms with Crippen LogP contribution in [0.4, 0.5) is 5.69 Å². The van der Waals surface area contributed by atoms with E-state index < -0.39 is 0 Å². The van der Waals surface area contributed by atoms with E-state index in [2.05, 4.69) is 29.5 Å². The number of aromatic nitrogens is 1. The number of hydrogen-bond donors (Lipinski definition) is 2. The Morgan fingerprint density at radius 3 is 2.41 bits per heavy atom. The van der Waals surface area contributed by atoms with Crippen molar-refractivity contribution in [1.29, 1.82) is 0 Å². The number of carbonyl (C=O) groups excluding carboxylic acids is 2. The molecule has 1 aliphatic rings. The van der Waals surface area contributed by atoms with Crippen molar-refractivity contribution in [3.05, 3.63) is 95.3 Å². The lowest BCUT2D eigenvalue weighted by Gasteiger charge is -2.35. The number of amides is 1. The van der Waals surface area contributed by atoms with Crippen molar-refractivity contribution in [2.24, 2.45) is 0 Å². The molecule has 6 nitrogen and oxygen atoms in total. The van der Waals surface area contributed by atoms with E-state index in [4.69, 9.17) is 4.74 Å². The number of hydrogen-bond acceptors (Lipinski definition) is 5. The average Bonchev–Trinajstić information content (AvgIpc) is 2.79. The third-order valence-electron chi connectivity index (χ3n) is 5.36. The van der Waals surface area contributed by atoms with E-state index in [1.165, 1.54) is 0 Å². The molecule has 0 saturated heterocycles. The number of pyridine rings is 1. The predicted octanol–water partition coefficient (Wildman–Crippen LogP) is 4.49. The van der Waals surface area contributed by atoms with Crippen LogP contribution in [0.15, 0.2) is 73.1 Å². The predicted molar refractivity (Wildman–Crippen MR) is 125 cm³/mol. The molecule has 32 heavy (non-hydrogen) atoms. The average molecular weight is 428 g/mol. The lowest BCUT2D eigenvalue weighted by atomic mass is 9.85.